The van der Waals surface area contributed by atoms with Crippen molar-refractivity contribution in [1.82, 2.24) is 24.7 Å². The van der Waals surface area contributed by atoms with Gasteiger partial charge < -0.3 is 4.90 Å². The van der Waals surface area contributed by atoms with E-state index in [4.69, 9.17) is 0 Å². The Morgan fingerprint density at radius 2 is 1.85 bits per heavy atom. The van der Waals surface area contributed by atoms with Crippen LogP contribution in [-0.2, 0) is 0 Å². The van der Waals surface area contributed by atoms with Crippen LogP contribution in [0.15, 0.2) is 12.4 Å². The van der Waals surface area contributed by atoms with Crippen LogP contribution < -0.4 is 4.90 Å². The summed E-state index contributed by atoms with van der Waals surface area (Å²) < 4.78 is 1.84. The Morgan fingerprint density at radius 3 is 2.69 bits per heavy atom. The highest BCUT2D eigenvalue weighted by Crippen LogP contribution is 2.46. The van der Waals surface area contributed by atoms with Crippen LogP contribution >= 0.6 is 0 Å². The molecule has 4 fully saturated rings. The summed E-state index contributed by atoms with van der Waals surface area (Å²) >= 11 is 0. The number of piperidine rings is 3. The molecule has 2 aromatic rings. The van der Waals surface area contributed by atoms with Crippen molar-refractivity contribution in [3.05, 3.63) is 18.1 Å². The van der Waals surface area contributed by atoms with Gasteiger partial charge in [0.15, 0.2) is 0 Å². The van der Waals surface area contributed by atoms with Gasteiger partial charge in [-0.15, -0.1) is 10.2 Å². The minimum atomic E-state index is 0.792. The fourth-order valence-corrected chi connectivity index (χ4v) is 6.20. The zero-order chi connectivity index (χ0) is 17.3. The van der Waals surface area contributed by atoms with E-state index in [1.165, 1.54) is 57.3 Å². The lowest BCUT2D eigenvalue weighted by Crippen LogP contribution is -2.62. The van der Waals surface area contributed by atoms with Crippen molar-refractivity contribution in [2.24, 2.45) is 17.8 Å². The summed E-state index contributed by atoms with van der Waals surface area (Å²) in [5, 5.41) is 13.0. The lowest BCUT2D eigenvalue weighted by atomic mass is 9.74. The number of anilines is 1. The monoisotopic (exact) mass is 352 g/mol. The van der Waals surface area contributed by atoms with Gasteiger partial charge in [0, 0.05) is 31.7 Å². The average molecular weight is 352 g/mol. The molecule has 4 atom stereocenters. The summed E-state index contributed by atoms with van der Waals surface area (Å²) in [6, 6.07) is 3.92. The second-order valence-electron chi connectivity index (χ2n) is 9.14. The van der Waals surface area contributed by atoms with Gasteiger partial charge in [0.1, 0.15) is 6.33 Å². The Hall–Kier alpha value is -1.69. The van der Waals surface area contributed by atoms with Crippen LogP contribution in [-0.4, -0.2) is 56.4 Å². The first-order valence-corrected chi connectivity index (χ1v) is 10.4. The van der Waals surface area contributed by atoms with E-state index in [9.17, 15) is 0 Å². The van der Waals surface area contributed by atoms with Crippen molar-refractivity contribution < 1.29 is 0 Å². The SMILES string of the molecule is Cc1cc(N2C[C@@H]3C[C@H](C2)[C@@H]2CCC[C@H](C4CC4)N2C3)c2nncn2n1. The lowest BCUT2D eigenvalue weighted by molar-refractivity contribution is -0.0258. The Bertz CT molecular complexity index is 827. The Balaban J connectivity index is 1.31. The zero-order valence-electron chi connectivity index (χ0n) is 15.6. The van der Waals surface area contributed by atoms with Gasteiger partial charge in [0.05, 0.1) is 11.4 Å². The minimum Gasteiger partial charge on any atom is -0.368 e. The second-order valence-corrected chi connectivity index (χ2v) is 9.14. The van der Waals surface area contributed by atoms with Crippen LogP contribution in [0.5, 0.6) is 0 Å². The standard InChI is InChI=1S/C20H28N6/c1-13-7-19(20-22-21-12-26(20)23-13)24-9-14-8-16(11-24)18-4-2-3-17(15-5-6-15)25(18)10-14/h7,12,14-18H,2-6,8-11H2,1H3/t14-,16+,17+,18-/m0/s1. The normalized spacial score (nSPS) is 34.9. The topological polar surface area (TPSA) is 49.6 Å². The summed E-state index contributed by atoms with van der Waals surface area (Å²) in [5.41, 5.74) is 3.18. The summed E-state index contributed by atoms with van der Waals surface area (Å²) in [6.07, 6.45) is 10.4. The number of hydrogen-bond donors (Lipinski definition) is 0. The largest absolute Gasteiger partial charge is 0.368 e. The van der Waals surface area contributed by atoms with Gasteiger partial charge >= 0.3 is 0 Å². The second kappa shape index (κ2) is 5.65. The molecule has 138 valence electrons. The zero-order valence-corrected chi connectivity index (χ0v) is 15.6. The molecule has 6 heteroatoms. The summed E-state index contributed by atoms with van der Waals surface area (Å²) in [7, 11) is 0. The molecule has 0 N–H and O–H groups in total. The third kappa shape index (κ3) is 2.38. The molecule has 3 saturated heterocycles. The van der Waals surface area contributed by atoms with E-state index in [-0.39, 0.29) is 0 Å². The number of rotatable bonds is 2. The number of fused-ring (bicyclic) bond motifs is 5. The molecular formula is C20H28N6. The van der Waals surface area contributed by atoms with Gasteiger partial charge in [0.2, 0.25) is 5.65 Å². The first kappa shape index (κ1) is 15.4. The molecule has 5 heterocycles. The maximum atomic E-state index is 4.52. The van der Waals surface area contributed by atoms with Crippen LogP contribution in [0.1, 0.15) is 44.2 Å². The van der Waals surface area contributed by atoms with Crippen LogP contribution in [0.3, 0.4) is 0 Å². The van der Waals surface area contributed by atoms with Crippen molar-refractivity contribution in [3.63, 3.8) is 0 Å². The van der Waals surface area contributed by atoms with Gasteiger partial charge in [-0.3, -0.25) is 4.90 Å². The third-order valence-electron chi connectivity index (χ3n) is 7.31. The van der Waals surface area contributed by atoms with Gasteiger partial charge in [-0.1, -0.05) is 6.42 Å². The molecule has 0 amide bonds. The highest BCUT2D eigenvalue weighted by molar-refractivity contribution is 5.68. The van der Waals surface area contributed by atoms with Crippen LogP contribution in [0, 0.1) is 24.7 Å². The quantitative estimate of drug-likeness (QED) is 0.831. The number of aryl methyl sites for hydroxylation is 1. The molecule has 4 aliphatic rings. The van der Waals surface area contributed by atoms with E-state index >= 15 is 0 Å². The van der Waals surface area contributed by atoms with E-state index in [0.29, 0.717) is 0 Å². The first-order chi connectivity index (χ1) is 12.8. The molecule has 0 aromatic carbocycles. The summed E-state index contributed by atoms with van der Waals surface area (Å²) in [6.45, 7) is 5.70. The van der Waals surface area contributed by atoms with Crippen LogP contribution in [0.2, 0.25) is 0 Å². The van der Waals surface area contributed by atoms with E-state index < -0.39 is 0 Å². The Labute approximate surface area is 154 Å². The smallest absolute Gasteiger partial charge is 0.200 e. The Morgan fingerprint density at radius 1 is 1.00 bits per heavy atom. The van der Waals surface area contributed by atoms with Crippen molar-refractivity contribution in [3.8, 4) is 0 Å². The molecule has 26 heavy (non-hydrogen) atoms. The number of nitrogens with zero attached hydrogens (tertiary/aromatic N) is 6. The predicted molar refractivity (Wildman–Crippen MR) is 100 cm³/mol. The fourth-order valence-electron chi connectivity index (χ4n) is 6.20. The highest BCUT2D eigenvalue weighted by atomic mass is 15.4. The molecule has 0 spiro atoms. The van der Waals surface area contributed by atoms with Crippen molar-refractivity contribution >= 4 is 11.3 Å². The van der Waals surface area contributed by atoms with Gasteiger partial charge in [-0.2, -0.15) is 9.61 Å². The van der Waals surface area contributed by atoms with Crippen LogP contribution in [0.25, 0.3) is 5.65 Å². The maximum absolute atomic E-state index is 4.52. The van der Waals surface area contributed by atoms with Crippen LogP contribution in [0.4, 0.5) is 5.69 Å². The molecule has 2 bridgehead atoms. The predicted octanol–water partition coefficient (Wildman–Crippen LogP) is 2.52. The number of hydrogen-bond acceptors (Lipinski definition) is 5. The molecule has 1 saturated carbocycles. The molecule has 3 aliphatic heterocycles. The van der Waals surface area contributed by atoms with E-state index in [1.54, 1.807) is 6.33 Å². The van der Waals surface area contributed by atoms with Gasteiger partial charge in [-0.25, -0.2) is 0 Å². The molecule has 0 unspecified atom stereocenters. The Kier molecular flexibility index (Phi) is 3.34. The van der Waals surface area contributed by atoms with Crippen molar-refractivity contribution in [2.75, 3.05) is 24.5 Å². The van der Waals surface area contributed by atoms with Crippen molar-refractivity contribution in [1.29, 1.82) is 0 Å². The highest BCUT2D eigenvalue weighted by Gasteiger charge is 2.48. The minimum absolute atomic E-state index is 0.792. The fraction of sp³-hybridized carbons (Fsp3) is 0.750. The van der Waals surface area contributed by atoms with E-state index in [0.717, 1.165) is 47.7 Å². The molecule has 1 aliphatic carbocycles. The average Bonchev–Trinajstić information content (AvgIpc) is 3.38. The van der Waals surface area contributed by atoms with Gasteiger partial charge in [-0.05, 0) is 62.8 Å². The molecule has 2 aromatic heterocycles. The lowest BCUT2D eigenvalue weighted by Gasteiger charge is -2.55. The van der Waals surface area contributed by atoms with Gasteiger partial charge in [0.25, 0.3) is 0 Å². The molecule has 6 rings (SSSR count). The first-order valence-electron chi connectivity index (χ1n) is 10.4. The maximum Gasteiger partial charge on any atom is 0.200 e. The van der Waals surface area contributed by atoms with Crippen molar-refractivity contribution in [2.45, 2.75) is 57.5 Å². The molecule has 0 radical (unpaired) electrons. The van der Waals surface area contributed by atoms with E-state index in [1.807, 2.05) is 4.52 Å². The summed E-state index contributed by atoms with van der Waals surface area (Å²) in [4.78, 5) is 5.55. The number of aromatic nitrogens is 4. The summed E-state index contributed by atoms with van der Waals surface area (Å²) in [5.74, 6) is 2.62. The van der Waals surface area contributed by atoms with E-state index in [2.05, 4.69) is 38.1 Å². The molecular weight excluding hydrogens is 324 g/mol. The molecule has 6 nitrogen and oxygen atoms in total. The third-order valence-corrected chi connectivity index (χ3v) is 7.31.